The third-order valence-electron chi connectivity index (χ3n) is 2.83. The Hall–Kier alpha value is -2.08. The van der Waals surface area contributed by atoms with Gasteiger partial charge in [-0.1, -0.05) is 0 Å². The number of nitrogens with zero attached hydrogens (tertiary/aromatic N) is 6. The van der Waals surface area contributed by atoms with E-state index < -0.39 is 0 Å². The maximum absolute atomic E-state index is 11.2. The van der Waals surface area contributed by atoms with E-state index in [2.05, 4.69) is 31.0 Å². The van der Waals surface area contributed by atoms with Crippen LogP contribution in [-0.4, -0.2) is 41.3 Å². The summed E-state index contributed by atoms with van der Waals surface area (Å²) in [5, 5.41) is 22.7. The zero-order chi connectivity index (χ0) is 17.7. The van der Waals surface area contributed by atoms with Crippen LogP contribution in [0, 0.1) is 0 Å². The lowest BCUT2D eigenvalue weighted by Gasteiger charge is -2.08. The summed E-state index contributed by atoms with van der Waals surface area (Å²) < 4.78 is 3.58. The van der Waals surface area contributed by atoms with Crippen LogP contribution in [0.1, 0.15) is 27.7 Å². The van der Waals surface area contributed by atoms with E-state index in [0.717, 1.165) is 0 Å². The molecule has 2 heterocycles. The summed E-state index contributed by atoms with van der Waals surface area (Å²) in [6.07, 6.45) is 0. The van der Waals surface area contributed by atoms with Gasteiger partial charge in [-0.05, 0) is 35.4 Å². The largest absolute Gasteiger partial charge is 0.295 e. The van der Waals surface area contributed by atoms with Crippen LogP contribution in [0.15, 0.2) is 10.3 Å². The Balaban J connectivity index is 2.14. The van der Waals surface area contributed by atoms with E-state index in [-0.39, 0.29) is 11.8 Å². The molecular weight excluding hydrogens is 352 g/mol. The van der Waals surface area contributed by atoms with Gasteiger partial charge in [0.15, 0.2) is 0 Å². The van der Waals surface area contributed by atoms with Gasteiger partial charge < -0.3 is 0 Å². The van der Waals surface area contributed by atoms with Crippen molar-refractivity contribution in [1.29, 1.82) is 0 Å². The van der Waals surface area contributed by atoms with Crippen LogP contribution in [0.3, 0.4) is 0 Å². The van der Waals surface area contributed by atoms with Crippen molar-refractivity contribution in [3.05, 3.63) is 0 Å². The van der Waals surface area contributed by atoms with Gasteiger partial charge in [0, 0.05) is 26.9 Å². The minimum absolute atomic E-state index is 0.202. The van der Waals surface area contributed by atoms with Crippen molar-refractivity contribution in [3.8, 4) is 0 Å². The zero-order valence-corrected chi connectivity index (χ0v) is 15.4. The molecule has 0 radical (unpaired) electrons. The third kappa shape index (κ3) is 4.26. The number of anilines is 2. The molecule has 130 valence electrons. The summed E-state index contributed by atoms with van der Waals surface area (Å²) in [5.41, 5.74) is 0. The first kappa shape index (κ1) is 18.3. The number of amides is 2. The van der Waals surface area contributed by atoms with Crippen LogP contribution < -0.4 is 10.6 Å². The summed E-state index contributed by atoms with van der Waals surface area (Å²) in [5.74, 6) is 0.409. The molecule has 0 aromatic carbocycles. The standard InChI is InChI=1S/C12H18N8O2S2/c1-5-19-9(13-7(3)21)15-17-11(19)23-24-12-18-16-10(14-8(4)22)20(12)6-2/h5-6H2,1-4H3,(H,13,15,21)(H,14,16,22). The summed E-state index contributed by atoms with van der Waals surface area (Å²) in [4.78, 5) is 22.4. The quantitative estimate of drug-likeness (QED) is 0.706. The van der Waals surface area contributed by atoms with Crippen LogP contribution in [0.5, 0.6) is 0 Å². The van der Waals surface area contributed by atoms with Gasteiger partial charge >= 0.3 is 0 Å². The molecule has 24 heavy (non-hydrogen) atoms. The molecule has 2 N–H and O–H groups in total. The predicted octanol–water partition coefficient (Wildman–Crippen LogP) is 1.63. The number of hydrogen-bond acceptors (Lipinski definition) is 8. The smallest absolute Gasteiger partial charge is 0.231 e. The van der Waals surface area contributed by atoms with Crippen molar-refractivity contribution in [2.45, 2.75) is 51.1 Å². The lowest BCUT2D eigenvalue weighted by atomic mass is 10.6. The van der Waals surface area contributed by atoms with Gasteiger partial charge in [-0.3, -0.25) is 29.4 Å². The Bertz CT molecular complexity index is 679. The zero-order valence-electron chi connectivity index (χ0n) is 13.7. The first-order chi connectivity index (χ1) is 11.5. The minimum Gasteiger partial charge on any atom is -0.295 e. The van der Waals surface area contributed by atoms with Gasteiger partial charge in [0.1, 0.15) is 0 Å². The lowest BCUT2D eigenvalue weighted by Crippen LogP contribution is -2.12. The summed E-state index contributed by atoms with van der Waals surface area (Å²) in [6.45, 7) is 7.94. The highest BCUT2D eigenvalue weighted by Crippen LogP contribution is 2.36. The molecule has 10 nitrogen and oxygen atoms in total. The summed E-state index contributed by atoms with van der Waals surface area (Å²) >= 11 is 0. The van der Waals surface area contributed by atoms with Crippen molar-refractivity contribution in [2.75, 3.05) is 10.6 Å². The van der Waals surface area contributed by atoms with E-state index >= 15 is 0 Å². The molecule has 2 rings (SSSR count). The van der Waals surface area contributed by atoms with E-state index in [9.17, 15) is 9.59 Å². The highest BCUT2D eigenvalue weighted by atomic mass is 33.1. The fourth-order valence-corrected chi connectivity index (χ4v) is 3.94. The number of rotatable bonds is 7. The topological polar surface area (TPSA) is 120 Å². The molecule has 0 aliphatic rings. The van der Waals surface area contributed by atoms with Crippen molar-refractivity contribution >= 4 is 45.3 Å². The minimum atomic E-state index is -0.202. The Kier molecular flexibility index (Phi) is 6.20. The van der Waals surface area contributed by atoms with Crippen LogP contribution in [0.2, 0.25) is 0 Å². The Morgan fingerprint density at radius 2 is 1.21 bits per heavy atom. The third-order valence-corrected chi connectivity index (χ3v) is 4.96. The van der Waals surface area contributed by atoms with Crippen LogP contribution in [-0.2, 0) is 22.7 Å². The maximum atomic E-state index is 11.2. The van der Waals surface area contributed by atoms with Gasteiger partial charge in [-0.25, -0.2) is 0 Å². The maximum Gasteiger partial charge on any atom is 0.231 e. The molecule has 0 unspecified atom stereocenters. The Labute approximate surface area is 146 Å². The normalized spacial score (nSPS) is 10.7. The molecule has 0 aliphatic carbocycles. The van der Waals surface area contributed by atoms with Gasteiger partial charge in [0.25, 0.3) is 0 Å². The molecule has 0 bridgehead atoms. The van der Waals surface area contributed by atoms with Gasteiger partial charge in [0.05, 0.1) is 0 Å². The Morgan fingerprint density at radius 1 is 0.833 bits per heavy atom. The number of aromatic nitrogens is 6. The van der Waals surface area contributed by atoms with Gasteiger partial charge in [-0.2, -0.15) is 0 Å². The average molecular weight is 370 g/mol. The molecule has 0 aliphatic heterocycles. The average Bonchev–Trinajstić information content (AvgIpc) is 3.07. The van der Waals surface area contributed by atoms with E-state index in [0.29, 0.717) is 35.3 Å². The van der Waals surface area contributed by atoms with Gasteiger partial charge in [0.2, 0.25) is 34.0 Å². The fraction of sp³-hybridized carbons (Fsp3) is 0.500. The second-order valence-corrected chi connectivity index (χ2v) is 6.69. The van der Waals surface area contributed by atoms with Crippen molar-refractivity contribution in [3.63, 3.8) is 0 Å². The molecule has 0 atom stereocenters. The van der Waals surface area contributed by atoms with Gasteiger partial charge in [-0.15, -0.1) is 20.4 Å². The highest BCUT2D eigenvalue weighted by Gasteiger charge is 2.17. The number of hydrogen-bond donors (Lipinski definition) is 2. The number of carbonyl (C=O) groups excluding carboxylic acids is 2. The lowest BCUT2D eigenvalue weighted by molar-refractivity contribution is -0.115. The first-order valence-electron chi connectivity index (χ1n) is 7.22. The van der Waals surface area contributed by atoms with Crippen molar-refractivity contribution in [1.82, 2.24) is 29.5 Å². The molecule has 0 spiro atoms. The fourth-order valence-electron chi connectivity index (χ4n) is 1.85. The van der Waals surface area contributed by atoms with Crippen molar-refractivity contribution in [2.24, 2.45) is 0 Å². The first-order valence-corrected chi connectivity index (χ1v) is 9.37. The summed E-state index contributed by atoms with van der Waals surface area (Å²) in [6, 6.07) is 0. The molecule has 2 amide bonds. The highest BCUT2D eigenvalue weighted by molar-refractivity contribution is 8.76. The molecule has 2 aromatic heterocycles. The van der Waals surface area contributed by atoms with E-state index in [1.807, 2.05) is 13.8 Å². The second-order valence-electron chi connectivity index (χ2n) is 4.63. The predicted molar refractivity (Wildman–Crippen MR) is 91.7 cm³/mol. The van der Waals surface area contributed by atoms with E-state index in [4.69, 9.17) is 0 Å². The number of nitrogens with one attached hydrogen (secondary N) is 2. The summed E-state index contributed by atoms with van der Waals surface area (Å²) in [7, 11) is 2.71. The second kappa shape index (κ2) is 8.15. The molecular formula is C12H18N8O2S2. The van der Waals surface area contributed by atoms with Crippen LogP contribution in [0.25, 0.3) is 0 Å². The van der Waals surface area contributed by atoms with Crippen LogP contribution >= 0.6 is 21.6 Å². The molecule has 2 aromatic rings. The van der Waals surface area contributed by atoms with E-state index in [1.54, 1.807) is 9.13 Å². The van der Waals surface area contributed by atoms with Crippen LogP contribution in [0.4, 0.5) is 11.9 Å². The molecule has 0 saturated carbocycles. The van der Waals surface area contributed by atoms with E-state index in [1.165, 1.54) is 35.4 Å². The monoisotopic (exact) mass is 370 g/mol. The molecule has 0 saturated heterocycles. The molecule has 12 heteroatoms. The number of carbonyl (C=O) groups is 2. The van der Waals surface area contributed by atoms with Crippen molar-refractivity contribution < 1.29 is 9.59 Å². The Morgan fingerprint density at radius 3 is 1.50 bits per heavy atom. The SMILES string of the molecule is CCn1c(NC(C)=O)nnc1SSc1nnc(NC(C)=O)n1CC. The molecule has 0 fully saturated rings.